The van der Waals surface area contributed by atoms with Crippen LogP contribution in [-0.4, -0.2) is 9.78 Å². The van der Waals surface area contributed by atoms with Crippen LogP contribution in [0.15, 0.2) is 18.2 Å². The van der Waals surface area contributed by atoms with E-state index in [0.717, 1.165) is 5.69 Å². The lowest BCUT2D eigenvalue weighted by Crippen LogP contribution is -2.01. The summed E-state index contributed by atoms with van der Waals surface area (Å²) in [4.78, 5) is 0. The van der Waals surface area contributed by atoms with Crippen LogP contribution in [0, 0.1) is 0 Å². The SMILES string of the molecule is CC(C)c1nn(C)c(Nc2cccc(Cl)c2Cl)c1N. The molecule has 0 aliphatic heterocycles. The number of nitrogens with zero attached hydrogens (tertiary/aromatic N) is 2. The predicted octanol–water partition coefficient (Wildman–Crippen LogP) is 4.18. The van der Waals surface area contributed by atoms with Crippen LogP contribution in [0.2, 0.25) is 10.0 Å². The van der Waals surface area contributed by atoms with Gasteiger partial charge in [-0.25, -0.2) is 0 Å². The van der Waals surface area contributed by atoms with E-state index >= 15 is 0 Å². The molecule has 3 N–H and O–H groups in total. The molecule has 1 aromatic heterocycles. The number of aryl methyl sites for hydroxylation is 1. The lowest BCUT2D eigenvalue weighted by Gasteiger charge is -2.10. The summed E-state index contributed by atoms with van der Waals surface area (Å²) in [6, 6.07) is 5.41. The maximum Gasteiger partial charge on any atom is 0.152 e. The highest BCUT2D eigenvalue weighted by Gasteiger charge is 2.17. The molecule has 0 aliphatic rings. The zero-order valence-electron chi connectivity index (χ0n) is 11.0. The summed E-state index contributed by atoms with van der Waals surface area (Å²) >= 11 is 12.1. The molecule has 0 aliphatic carbocycles. The van der Waals surface area contributed by atoms with Crippen molar-refractivity contribution < 1.29 is 0 Å². The van der Waals surface area contributed by atoms with Crippen molar-refractivity contribution in [3.8, 4) is 0 Å². The standard InChI is InChI=1S/C13H16Cl2N4/c1-7(2)12-11(16)13(19(3)18-12)17-9-6-4-5-8(14)10(9)15/h4-7,17H,16H2,1-3H3. The first-order valence-electron chi connectivity index (χ1n) is 5.95. The molecule has 0 fully saturated rings. The van der Waals surface area contributed by atoms with Gasteiger partial charge in [-0.1, -0.05) is 43.1 Å². The van der Waals surface area contributed by atoms with Crippen LogP contribution in [0.25, 0.3) is 0 Å². The first-order valence-corrected chi connectivity index (χ1v) is 6.70. The largest absolute Gasteiger partial charge is 0.394 e. The fraction of sp³-hybridized carbons (Fsp3) is 0.308. The number of benzene rings is 1. The van der Waals surface area contributed by atoms with Gasteiger partial charge >= 0.3 is 0 Å². The molecule has 0 saturated heterocycles. The van der Waals surface area contributed by atoms with E-state index < -0.39 is 0 Å². The lowest BCUT2D eigenvalue weighted by atomic mass is 10.1. The van der Waals surface area contributed by atoms with Crippen LogP contribution < -0.4 is 11.1 Å². The molecule has 2 rings (SSSR count). The third kappa shape index (κ3) is 2.65. The number of rotatable bonds is 3. The van der Waals surface area contributed by atoms with Gasteiger partial charge in [-0.2, -0.15) is 5.10 Å². The summed E-state index contributed by atoms with van der Waals surface area (Å²) in [5.74, 6) is 0.976. The molecule has 1 heterocycles. The Hall–Kier alpha value is -1.39. The molecule has 0 atom stereocenters. The topological polar surface area (TPSA) is 55.9 Å². The molecule has 1 aromatic carbocycles. The fourth-order valence-corrected chi connectivity index (χ4v) is 2.21. The van der Waals surface area contributed by atoms with Gasteiger partial charge in [0, 0.05) is 7.05 Å². The van der Waals surface area contributed by atoms with Gasteiger partial charge in [-0.15, -0.1) is 0 Å². The molecule has 0 unspecified atom stereocenters. The molecule has 0 amide bonds. The molecule has 0 spiro atoms. The molecule has 4 nitrogen and oxygen atoms in total. The van der Waals surface area contributed by atoms with E-state index in [1.807, 2.05) is 19.2 Å². The van der Waals surface area contributed by atoms with E-state index in [1.165, 1.54) is 0 Å². The summed E-state index contributed by atoms with van der Waals surface area (Å²) in [6.07, 6.45) is 0. The Morgan fingerprint density at radius 3 is 2.58 bits per heavy atom. The van der Waals surface area contributed by atoms with E-state index in [9.17, 15) is 0 Å². The second-order valence-corrected chi connectivity index (χ2v) is 5.44. The fourth-order valence-electron chi connectivity index (χ4n) is 1.86. The summed E-state index contributed by atoms with van der Waals surface area (Å²) in [5.41, 5.74) is 8.32. The number of anilines is 3. The minimum absolute atomic E-state index is 0.261. The summed E-state index contributed by atoms with van der Waals surface area (Å²) in [6.45, 7) is 4.10. The normalized spacial score (nSPS) is 11.1. The number of nitrogens with two attached hydrogens (primary N) is 1. The van der Waals surface area contributed by atoms with Crippen LogP contribution >= 0.6 is 23.2 Å². The minimum atomic E-state index is 0.261. The Balaban J connectivity index is 2.41. The molecule has 6 heteroatoms. The average molecular weight is 299 g/mol. The minimum Gasteiger partial charge on any atom is -0.394 e. The van der Waals surface area contributed by atoms with Gasteiger partial charge in [0.05, 0.1) is 27.1 Å². The molecule has 0 saturated carbocycles. The third-order valence-electron chi connectivity index (χ3n) is 2.86. The van der Waals surface area contributed by atoms with Crippen molar-refractivity contribution in [2.45, 2.75) is 19.8 Å². The van der Waals surface area contributed by atoms with Crippen molar-refractivity contribution in [3.05, 3.63) is 33.9 Å². The van der Waals surface area contributed by atoms with Gasteiger partial charge < -0.3 is 11.1 Å². The zero-order chi connectivity index (χ0) is 14.2. The second-order valence-electron chi connectivity index (χ2n) is 4.65. The molecular formula is C13H16Cl2N4. The van der Waals surface area contributed by atoms with E-state index in [1.54, 1.807) is 10.7 Å². The highest BCUT2D eigenvalue weighted by Crippen LogP contribution is 2.35. The monoisotopic (exact) mass is 298 g/mol. The highest BCUT2D eigenvalue weighted by atomic mass is 35.5. The average Bonchev–Trinajstić information content (AvgIpc) is 2.63. The Morgan fingerprint density at radius 2 is 2.00 bits per heavy atom. The van der Waals surface area contributed by atoms with Crippen LogP contribution in [0.3, 0.4) is 0 Å². The van der Waals surface area contributed by atoms with E-state index in [0.29, 0.717) is 27.2 Å². The molecule has 2 aromatic rings. The predicted molar refractivity (Wildman–Crippen MR) is 81.5 cm³/mol. The van der Waals surface area contributed by atoms with Crippen molar-refractivity contribution in [3.63, 3.8) is 0 Å². The van der Waals surface area contributed by atoms with Gasteiger partial charge in [-0.05, 0) is 18.1 Å². The van der Waals surface area contributed by atoms with Gasteiger partial charge in [0.2, 0.25) is 0 Å². The molecule has 0 radical (unpaired) electrons. The number of halogens is 2. The van der Waals surface area contributed by atoms with E-state index in [4.69, 9.17) is 28.9 Å². The summed E-state index contributed by atoms with van der Waals surface area (Å²) in [5, 5.41) is 8.56. The summed E-state index contributed by atoms with van der Waals surface area (Å²) < 4.78 is 1.71. The Morgan fingerprint density at radius 1 is 1.32 bits per heavy atom. The van der Waals surface area contributed by atoms with Crippen LogP contribution in [0.5, 0.6) is 0 Å². The number of hydrogen-bond acceptors (Lipinski definition) is 3. The van der Waals surface area contributed by atoms with Crippen LogP contribution in [0.1, 0.15) is 25.5 Å². The van der Waals surface area contributed by atoms with E-state index in [2.05, 4.69) is 24.3 Å². The number of nitrogens with one attached hydrogen (secondary N) is 1. The van der Waals surface area contributed by atoms with Crippen molar-refractivity contribution in [1.29, 1.82) is 0 Å². The van der Waals surface area contributed by atoms with Crippen molar-refractivity contribution >= 4 is 40.4 Å². The second kappa shape index (κ2) is 5.31. The Bertz CT molecular complexity index is 605. The van der Waals surface area contributed by atoms with Crippen LogP contribution in [-0.2, 0) is 7.05 Å². The molecule has 102 valence electrons. The van der Waals surface area contributed by atoms with E-state index in [-0.39, 0.29) is 5.92 Å². The molecule has 0 bridgehead atoms. The first-order chi connectivity index (χ1) is 8.91. The quantitative estimate of drug-likeness (QED) is 0.894. The van der Waals surface area contributed by atoms with Crippen LogP contribution in [0.4, 0.5) is 17.2 Å². The Kier molecular flexibility index (Phi) is 3.92. The number of aromatic nitrogens is 2. The van der Waals surface area contributed by atoms with Crippen molar-refractivity contribution in [1.82, 2.24) is 9.78 Å². The van der Waals surface area contributed by atoms with Gasteiger partial charge in [0.1, 0.15) is 0 Å². The molecular weight excluding hydrogens is 283 g/mol. The van der Waals surface area contributed by atoms with Gasteiger partial charge in [-0.3, -0.25) is 4.68 Å². The third-order valence-corrected chi connectivity index (χ3v) is 3.68. The number of hydrogen-bond donors (Lipinski definition) is 2. The first kappa shape index (κ1) is 14.0. The van der Waals surface area contributed by atoms with Gasteiger partial charge in [0.25, 0.3) is 0 Å². The highest BCUT2D eigenvalue weighted by molar-refractivity contribution is 6.43. The van der Waals surface area contributed by atoms with Crippen molar-refractivity contribution in [2.24, 2.45) is 7.05 Å². The number of nitrogen functional groups attached to an aromatic ring is 1. The lowest BCUT2D eigenvalue weighted by molar-refractivity contribution is 0.718. The zero-order valence-corrected chi connectivity index (χ0v) is 12.5. The smallest absolute Gasteiger partial charge is 0.152 e. The van der Waals surface area contributed by atoms with Gasteiger partial charge in [0.15, 0.2) is 5.82 Å². The molecule has 19 heavy (non-hydrogen) atoms. The summed E-state index contributed by atoms with van der Waals surface area (Å²) in [7, 11) is 1.84. The Labute approximate surface area is 122 Å². The maximum atomic E-state index is 6.15. The maximum absolute atomic E-state index is 6.15. The van der Waals surface area contributed by atoms with Crippen molar-refractivity contribution in [2.75, 3.05) is 11.1 Å².